The topological polar surface area (TPSA) is 4.44 Å². The average molecular weight is 1200 g/mol. The minimum absolute atomic E-state index is 0. The van der Waals surface area contributed by atoms with Gasteiger partial charge in [0.25, 0.3) is 0 Å². The van der Waals surface area contributed by atoms with Crippen LogP contribution in [0.5, 0.6) is 0 Å². The molecule has 27 heteroatoms. The van der Waals surface area contributed by atoms with Gasteiger partial charge in [0.1, 0.15) is 11.8 Å². The van der Waals surface area contributed by atoms with Crippen LogP contribution in [0.4, 0.5) is 111 Å². The Balaban J connectivity index is 0.000000921. The molecule has 0 aliphatic rings. The van der Waals surface area contributed by atoms with Crippen LogP contribution in [-0.4, -0.2) is 19.2 Å². The fourth-order valence-electron chi connectivity index (χ4n) is 7.40. The van der Waals surface area contributed by atoms with Crippen LogP contribution in [0.2, 0.25) is 0 Å². The summed E-state index contributed by atoms with van der Waals surface area (Å²) in [4.78, 5) is 1.55. The van der Waals surface area contributed by atoms with Crippen molar-refractivity contribution in [2.45, 2.75) is 63.3 Å². The van der Waals surface area contributed by atoms with Crippen molar-refractivity contribution in [3.05, 3.63) is 148 Å². The van der Waals surface area contributed by atoms with Gasteiger partial charge < -0.3 is 4.90 Å². The zero-order chi connectivity index (χ0) is 52.0. The van der Waals surface area contributed by atoms with Crippen LogP contribution in [0.15, 0.2) is 103 Å². The van der Waals surface area contributed by atoms with Crippen LogP contribution < -0.4 is 26.8 Å². The number of para-hydroxylation sites is 1. The Labute approximate surface area is 387 Å². The molecule has 5 aromatic rings. The molecule has 0 spiro atoms. The third-order valence-electron chi connectivity index (χ3n) is 10.5. The molecule has 5 rings (SSSR count). The van der Waals surface area contributed by atoms with Gasteiger partial charge in [0.2, 0.25) is 0 Å². The van der Waals surface area contributed by atoms with Gasteiger partial charge in [-0.1, -0.05) is 66.7 Å². The molecule has 0 saturated heterocycles. The number of rotatable bonds is 7. The first-order chi connectivity index (χ1) is 30.6. The molecule has 380 valence electrons. The van der Waals surface area contributed by atoms with Crippen LogP contribution >= 0.6 is 0 Å². The molecule has 0 aliphatic carbocycles. The molecule has 0 saturated carbocycles. The van der Waals surface area contributed by atoms with E-state index in [1.807, 2.05) is 0 Å². The first-order valence-electron chi connectivity index (χ1n) is 18.9. The van der Waals surface area contributed by atoms with Crippen LogP contribution in [0.25, 0.3) is 0 Å². The van der Waals surface area contributed by atoms with Gasteiger partial charge in [-0.2, -0.15) is 127 Å². The first-order valence-corrected chi connectivity index (χ1v) is 18.9. The zero-order valence-electron chi connectivity index (χ0n) is 34.2. The molecule has 69 heavy (non-hydrogen) atoms. The summed E-state index contributed by atoms with van der Waals surface area (Å²) in [5.74, 6) is 0. The average Bonchev–Trinajstić information content (AvgIpc) is 3.19. The van der Waals surface area contributed by atoms with Gasteiger partial charge in [0.05, 0.1) is 57.6 Å². The first kappa shape index (κ1) is 58.4. The van der Waals surface area contributed by atoms with Crippen molar-refractivity contribution in [2.75, 3.05) is 13.1 Å². The fourth-order valence-corrected chi connectivity index (χ4v) is 7.40. The van der Waals surface area contributed by atoms with E-state index in [0.29, 0.717) is 0 Å². The predicted molar refractivity (Wildman–Crippen MR) is 198 cm³/mol. The van der Waals surface area contributed by atoms with Crippen LogP contribution in [0.3, 0.4) is 0 Å². The minimum atomic E-state index is -6.13. The number of halogens is 24. The quantitative estimate of drug-likeness (QED) is 0.122. The second-order valence-corrected chi connectivity index (χ2v) is 14.9. The molecule has 0 fully saturated rings. The molecule has 0 aromatic heterocycles. The monoisotopic (exact) mass is 1210 g/mol. The Morgan fingerprint density at radius 3 is 0.623 bits per heavy atom. The molecular weight excluding hydrogens is 1180 g/mol. The Bertz CT molecular complexity index is 2110. The van der Waals surface area contributed by atoms with Gasteiger partial charge in [0, 0.05) is 19.8 Å². The Hall–Kier alpha value is -4.92. The number of hydrogen-bond donors (Lipinski definition) is 1. The van der Waals surface area contributed by atoms with E-state index >= 15 is 0 Å². The number of hydrogen-bond acceptors (Lipinski definition) is 0. The summed E-state index contributed by atoms with van der Waals surface area (Å²) in [5.41, 5.74) is -28.8. The van der Waals surface area contributed by atoms with E-state index < -0.39 is 195 Å². The molecule has 5 aromatic carbocycles. The molecule has 0 radical (unpaired) electrons. The van der Waals surface area contributed by atoms with E-state index in [1.54, 1.807) is 4.90 Å². The Morgan fingerprint density at radius 2 is 0.478 bits per heavy atom. The molecule has 1 N–H and O–H groups in total. The van der Waals surface area contributed by atoms with Crippen molar-refractivity contribution >= 4 is 33.7 Å². The number of alkyl halides is 24. The molecule has 0 amide bonds. The van der Waals surface area contributed by atoms with Crippen molar-refractivity contribution in [1.29, 1.82) is 0 Å². The third-order valence-corrected chi connectivity index (χ3v) is 10.5. The Kier molecular flexibility index (Phi) is 17.0. The van der Waals surface area contributed by atoms with E-state index in [0.717, 1.165) is 0 Å². The van der Waals surface area contributed by atoms with Crippen molar-refractivity contribution in [1.82, 2.24) is 0 Å². The van der Waals surface area contributed by atoms with E-state index in [2.05, 4.69) is 44.2 Å². The molecule has 0 atom stereocenters. The SMILES string of the molecule is CC[NH+](CC)c1ccccc1.FC(F)(F)c1cc([B-](c2cc(C(F)(F)F)cc(C(F)(F)F)c2)(c2cc(C(F)(F)F)cc(C(F)(F)F)c2)c2cc(C(F)(F)F)cc(C(F)(F)F)c2)cc(C(F)(F)F)c1.[Os]. The summed E-state index contributed by atoms with van der Waals surface area (Å²) < 4.78 is 341. The molecular formula is C42H28BF24NOs. The number of quaternary nitrogens is 1. The summed E-state index contributed by atoms with van der Waals surface area (Å²) >= 11 is 0. The second-order valence-electron chi connectivity index (χ2n) is 14.9. The van der Waals surface area contributed by atoms with Gasteiger partial charge in [-0.05, 0) is 50.2 Å². The van der Waals surface area contributed by atoms with Gasteiger partial charge in [0.15, 0.2) is 0 Å². The maximum Gasteiger partial charge on any atom is 0.416 e. The third kappa shape index (κ3) is 13.7. The van der Waals surface area contributed by atoms with Crippen LogP contribution in [0.1, 0.15) is 58.4 Å². The molecule has 0 aliphatic heterocycles. The fraction of sp³-hybridized carbons (Fsp3) is 0.286. The maximum absolute atomic E-state index is 14.2. The van der Waals surface area contributed by atoms with Gasteiger partial charge >= 0.3 is 49.4 Å². The summed E-state index contributed by atoms with van der Waals surface area (Å²) in [6, 6.07) is 1.81. The maximum atomic E-state index is 14.2. The van der Waals surface area contributed by atoms with Crippen LogP contribution in [0, 0.1) is 0 Å². The second kappa shape index (κ2) is 20.1. The van der Waals surface area contributed by atoms with Crippen molar-refractivity contribution < 1.29 is 130 Å². The van der Waals surface area contributed by atoms with Gasteiger partial charge in [-0.3, -0.25) is 0 Å². The minimum Gasteiger partial charge on any atom is -0.303 e. The van der Waals surface area contributed by atoms with E-state index in [9.17, 15) is 105 Å². The van der Waals surface area contributed by atoms with Crippen molar-refractivity contribution in [3.63, 3.8) is 0 Å². The smallest absolute Gasteiger partial charge is 0.303 e. The predicted octanol–water partition coefficient (Wildman–Crippen LogP) is 12.5. The number of benzene rings is 5. The van der Waals surface area contributed by atoms with Gasteiger partial charge in [-0.25, -0.2) is 0 Å². The zero-order valence-corrected chi connectivity index (χ0v) is 36.8. The van der Waals surface area contributed by atoms with Gasteiger partial charge in [-0.15, -0.1) is 0 Å². The molecule has 0 bridgehead atoms. The standard InChI is InChI=1S/C32H12BF24.C10H15N.Os/c34-25(35,36)13-1-14(26(37,38)39)6-21(5-13)33(22-7-15(27(40,41)42)2-16(8-22)28(43,44)45,23-9-17(29(46,47)48)3-18(10-23)30(49,50)51)24-11-19(31(52,53)54)4-20(12-24)32(55,56)57;1-3-11(4-2)10-8-6-5-7-9-10;/h1-12H;5-9H,3-4H2,1-2H3;/q-1;;/p+1. The number of nitrogens with one attached hydrogen (secondary N) is 1. The van der Waals surface area contributed by atoms with E-state index in [-0.39, 0.29) is 19.8 Å². The summed E-state index contributed by atoms with van der Waals surface area (Å²) in [7, 11) is 0. The van der Waals surface area contributed by atoms with Crippen LogP contribution in [-0.2, 0) is 69.2 Å². The molecule has 1 nitrogen and oxygen atoms in total. The largest absolute Gasteiger partial charge is 0.416 e. The molecule has 0 unspecified atom stereocenters. The van der Waals surface area contributed by atoms with Crippen molar-refractivity contribution in [3.8, 4) is 0 Å². The van der Waals surface area contributed by atoms with E-state index in [4.69, 9.17) is 0 Å². The summed E-state index contributed by atoms with van der Waals surface area (Å²) in [5, 5.41) is 0. The summed E-state index contributed by atoms with van der Waals surface area (Å²) in [6.45, 7) is 6.76. The Morgan fingerprint density at radius 1 is 0.304 bits per heavy atom. The van der Waals surface area contributed by atoms with Crippen molar-refractivity contribution in [2.24, 2.45) is 0 Å². The normalized spacial score (nSPS) is 13.5. The molecule has 0 heterocycles. The summed E-state index contributed by atoms with van der Waals surface area (Å²) in [6.07, 6.45) is -54.8. The van der Waals surface area contributed by atoms with E-state index in [1.165, 1.54) is 18.8 Å².